The summed E-state index contributed by atoms with van der Waals surface area (Å²) in [5, 5.41) is 3.01. The number of methoxy groups -OCH3 is 1. The van der Waals surface area contributed by atoms with E-state index in [0.29, 0.717) is 25.7 Å². The van der Waals surface area contributed by atoms with Crippen molar-refractivity contribution in [1.82, 2.24) is 0 Å². The van der Waals surface area contributed by atoms with Gasteiger partial charge < -0.3 is 20.5 Å². The first-order chi connectivity index (χ1) is 8.76. The lowest BCUT2D eigenvalue weighted by Gasteiger charge is -2.09. The smallest absolute Gasteiger partial charge is 0.193 e. The van der Waals surface area contributed by atoms with Crippen LogP contribution in [0, 0.1) is 0 Å². The van der Waals surface area contributed by atoms with Gasteiger partial charge in [-0.2, -0.15) is 0 Å². The Morgan fingerprint density at radius 1 is 1.37 bits per heavy atom. The molecule has 0 aliphatic heterocycles. The molecule has 3 N–H and O–H groups in total. The number of nitrogens with two attached hydrogens (primary N) is 1. The molecule has 19 heavy (non-hydrogen) atoms. The number of hydrogen-bond acceptors (Lipinski definition) is 3. The number of aliphatic imine (C=N–C) groups is 1. The SMILES string of the molecule is CCN=C(N)Nc1cccc(OCCCOC)c1.I. The Morgan fingerprint density at radius 3 is 2.84 bits per heavy atom. The van der Waals surface area contributed by atoms with E-state index in [1.54, 1.807) is 7.11 Å². The van der Waals surface area contributed by atoms with E-state index in [-0.39, 0.29) is 24.0 Å². The minimum Gasteiger partial charge on any atom is -0.493 e. The Morgan fingerprint density at radius 2 is 2.16 bits per heavy atom. The van der Waals surface area contributed by atoms with E-state index in [4.69, 9.17) is 15.2 Å². The fraction of sp³-hybridized carbons (Fsp3) is 0.462. The fourth-order valence-electron chi connectivity index (χ4n) is 1.41. The van der Waals surface area contributed by atoms with Gasteiger partial charge in [0.05, 0.1) is 6.61 Å². The summed E-state index contributed by atoms with van der Waals surface area (Å²) in [6.07, 6.45) is 0.869. The number of nitrogens with one attached hydrogen (secondary N) is 1. The Balaban J connectivity index is 0.00000324. The maximum atomic E-state index is 5.69. The third-order valence-corrected chi connectivity index (χ3v) is 2.20. The third kappa shape index (κ3) is 7.89. The van der Waals surface area contributed by atoms with Gasteiger partial charge in [-0.25, -0.2) is 0 Å². The number of ether oxygens (including phenoxy) is 2. The van der Waals surface area contributed by atoms with E-state index in [2.05, 4.69) is 10.3 Å². The molecule has 5 nitrogen and oxygen atoms in total. The largest absolute Gasteiger partial charge is 0.493 e. The number of hydrogen-bond donors (Lipinski definition) is 2. The van der Waals surface area contributed by atoms with Crippen LogP contribution in [0.1, 0.15) is 13.3 Å². The van der Waals surface area contributed by atoms with Gasteiger partial charge in [0.15, 0.2) is 5.96 Å². The summed E-state index contributed by atoms with van der Waals surface area (Å²) in [5.41, 5.74) is 6.56. The number of anilines is 1. The lowest BCUT2D eigenvalue weighted by atomic mass is 10.3. The molecule has 0 aromatic heterocycles. The summed E-state index contributed by atoms with van der Waals surface area (Å²) < 4.78 is 10.5. The normalized spacial score (nSPS) is 10.7. The van der Waals surface area contributed by atoms with E-state index in [9.17, 15) is 0 Å². The van der Waals surface area contributed by atoms with Crippen molar-refractivity contribution in [1.29, 1.82) is 0 Å². The van der Waals surface area contributed by atoms with Crippen LogP contribution in [0.4, 0.5) is 5.69 Å². The summed E-state index contributed by atoms with van der Waals surface area (Å²) in [7, 11) is 1.68. The first kappa shape index (κ1) is 18.0. The van der Waals surface area contributed by atoms with Gasteiger partial charge in [-0.1, -0.05) is 6.07 Å². The number of benzene rings is 1. The number of nitrogens with zero attached hydrogens (tertiary/aromatic N) is 1. The molecule has 1 aromatic carbocycles. The van der Waals surface area contributed by atoms with Crippen LogP contribution < -0.4 is 15.8 Å². The Hall–Kier alpha value is -1.02. The Bertz CT molecular complexity index is 386. The standard InChI is InChI=1S/C13H21N3O2.HI/c1-3-15-13(14)16-11-6-4-7-12(10-11)18-9-5-8-17-2;/h4,6-7,10H,3,5,8-9H2,1-2H3,(H3,14,15,16);1H. The lowest BCUT2D eigenvalue weighted by molar-refractivity contribution is 0.172. The zero-order valence-corrected chi connectivity index (χ0v) is 13.7. The predicted octanol–water partition coefficient (Wildman–Crippen LogP) is 2.47. The monoisotopic (exact) mass is 379 g/mol. The molecule has 0 amide bonds. The number of rotatable bonds is 7. The molecule has 0 aliphatic carbocycles. The highest BCUT2D eigenvalue weighted by molar-refractivity contribution is 14.0. The minimum atomic E-state index is 0. The van der Waals surface area contributed by atoms with Crippen molar-refractivity contribution in [2.45, 2.75) is 13.3 Å². The predicted molar refractivity (Wildman–Crippen MR) is 89.6 cm³/mol. The van der Waals surface area contributed by atoms with Crippen LogP contribution >= 0.6 is 24.0 Å². The molecule has 0 spiro atoms. The molecule has 0 bridgehead atoms. The number of guanidine groups is 1. The molecule has 0 saturated carbocycles. The molecule has 0 unspecified atom stereocenters. The molecule has 6 heteroatoms. The van der Waals surface area contributed by atoms with Crippen LogP contribution in [0.2, 0.25) is 0 Å². The first-order valence-electron chi connectivity index (χ1n) is 6.05. The molecule has 108 valence electrons. The summed E-state index contributed by atoms with van der Waals surface area (Å²) in [6, 6.07) is 7.63. The van der Waals surface area contributed by atoms with Crippen molar-refractivity contribution in [3.63, 3.8) is 0 Å². The van der Waals surface area contributed by atoms with Crippen molar-refractivity contribution in [2.24, 2.45) is 10.7 Å². The van der Waals surface area contributed by atoms with Crippen LogP contribution in [0.5, 0.6) is 5.75 Å². The Labute approximate surface area is 131 Å². The summed E-state index contributed by atoms with van der Waals surface area (Å²) in [4.78, 5) is 4.06. The fourth-order valence-corrected chi connectivity index (χ4v) is 1.41. The second-order valence-electron chi connectivity index (χ2n) is 3.71. The highest BCUT2D eigenvalue weighted by atomic mass is 127. The second-order valence-corrected chi connectivity index (χ2v) is 3.71. The summed E-state index contributed by atoms with van der Waals surface area (Å²) >= 11 is 0. The van der Waals surface area contributed by atoms with Crippen molar-refractivity contribution in [3.05, 3.63) is 24.3 Å². The third-order valence-electron chi connectivity index (χ3n) is 2.20. The summed E-state index contributed by atoms with van der Waals surface area (Å²) in [6.45, 7) is 3.93. The van der Waals surface area contributed by atoms with E-state index < -0.39 is 0 Å². The van der Waals surface area contributed by atoms with Gasteiger partial charge in [-0.05, 0) is 19.1 Å². The highest BCUT2D eigenvalue weighted by Crippen LogP contribution is 2.17. The van der Waals surface area contributed by atoms with E-state index in [1.807, 2.05) is 31.2 Å². The molecule has 0 atom stereocenters. The van der Waals surface area contributed by atoms with E-state index in [0.717, 1.165) is 17.9 Å². The molecule has 0 radical (unpaired) electrons. The first-order valence-corrected chi connectivity index (χ1v) is 6.05. The average Bonchev–Trinajstić information content (AvgIpc) is 2.35. The molecule has 0 heterocycles. The molecule has 1 rings (SSSR count). The second kappa shape index (κ2) is 10.9. The Kier molecular flexibility index (Phi) is 10.3. The van der Waals surface area contributed by atoms with Gasteiger partial charge in [0.25, 0.3) is 0 Å². The maximum Gasteiger partial charge on any atom is 0.193 e. The van der Waals surface area contributed by atoms with Crippen molar-refractivity contribution < 1.29 is 9.47 Å². The zero-order chi connectivity index (χ0) is 13.2. The van der Waals surface area contributed by atoms with Crippen molar-refractivity contribution in [2.75, 3.05) is 32.2 Å². The van der Waals surface area contributed by atoms with Gasteiger partial charge in [-0.15, -0.1) is 24.0 Å². The summed E-state index contributed by atoms with van der Waals surface area (Å²) in [5.74, 6) is 1.22. The van der Waals surface area contributed by atoms with Gasteiger partial charge in [0.1, 0.15) is 5.75 Å². The number of halogens is 1. The highest BCUT2D eigenvalue weighted by Gasteiger charge is 1.98. The average molecular weight is 379 g/mol. The molecule has 0 fully saturated rings. The molecule has 0 saturated heterocycles. The van der Waals surface area contributed by atoms with Crippen LogP contribution in [-0.2, 0) is 4.74 Å². The zero-order valence-electron chi connectivity index (χ0n) is 11.4. The molecule has 0 aliphatic rings. The molecular formula is C13H22IN3O2. The van der Waals surface area contributed by atoms with Gasteiger partial charge >= 0.3 is 0 Å². The van der Waals surface area contributed by atoms with Crippen LogP contribution in [0.15, 0.2) is 29.3 Å². The van der Waals surface area contributed by atoms with Crippen molar-refractivity contribution >= 4 is 35.6 Å². The quantitative estimate of drug-likeness (QED) is 0.331. The van der Waals surface area contributed by atoms with E-state index >= 15 is 0 Å². The molecular weight excluding hydrogens is 357 g/mol. The van der Waals surface area contributed by atoms with Gasteiger partial charge in [0.2, 0.25) is 0 Å². The van der Waals surface area contributed by atoms with Crippen LogP contribution in [-0.4, -0.2) is 32.8 Å². The van der Waals surface area contributed by atoms with Crippen LogP contribution in [0.25, 0.3) is 0 Å². The topological polar surface area (TPSA) is 68.9 Å². The van der Waals surface area contributed by atoms with Gasteiger partial charge in [0, 0.05) is 38.4 Å². The van der Waals surface area contributed by atoms with E-state index in [1.165, 1.54) is 0 Å². The maximum absolute atomic E-state index is 5.69. The van der Waals surface area contributed by atoms with Crippen LogP contribution in [0.3, 0.4) is 0 Å². The van der Waals surface area contributed by atoms with Gasteiger partial charge in [-0.3, -0.25) is 4.99 Å². The lowest BCUT2D eigenvalue weighted by Crippen LogP contribution is -2.22. The van der Waals surface area contributed by atoms with Crippen molar-refractivity contribution in [3.8, 4) is 5.75 Å². The minimum absolute atomic E-state index is 0. The molecule has 1 aromatic rings.